The summed E-state index contributed by atoms with van der Waals surface area (Å²) in [4.78, 5) is 4.51. The van der Waals surface area contributed by atoms with E-state index in [1.807, 2.05) is 12.1 Å². The van der Waals surface area contributed by atoms with E-state index >= 15 is 0 Å². The molecule has 2 aromatic carbocycles. The second-order valence-electron chi connectivity index (χ2n) is 4.82. The van der Waals surface area contributed by atoms with Gasteiger partial charge in [0.25, 0.3) is 0 Å². The number of halogens is 3. The predicted molar refractivity (Wildman–Crippen MR) is 87.4 cm³/mol. The van der Waals surface area contributed by atoms with Crippen LogP contribution in [-0.4, -0.2) is 15.4 Å². The lowest BCUT2D eigenvalue weighted by atomic mass is 10.2. The highest BCUT2D eigenvalue weighted by Gasteiger charge is 2.11. The number of benzene rings is 2. The minimum absolute atomic E-state index is 0.271. The molecular formula is C16H13BrClFN2. The van der Waals surface area contributed by atoms with E-state index in [2.05, 4.69) is 37.6 Å². The summed E-state index contributed by atoms with van der Waals surface area (Å²) in [7, 11) is 0. The van der Waals surface area contributed by atoms with Gasteiger partial charge in [0.1, 0.15) is 11.6 Å². The Kier molecular flexibility index (Phi) is 4.27. The molecule has 0 spiro atoms. The van der Waals surface area contributed by atoms with Gasteiger partial charge in [-0.05, 0) is 29.8 Å². The molecule has 0 bridgehead atoms. The fraction of sp³-hybridized carbons (Fsp3) is 0.188. The molecule has 5 heteroatoms. The minimum Gasteiger partial charge on any atom is -0.323 e. The number of hydrogen-bond acceptors (Lipinski definition) is 1. The zero-order chi connectivity index (χ0) is 14.8. The van der Waals surface area contributed by atoms with E-state index in [0.717, 1.165) is 21.4 Å². The van der Waals surface area contributed by atoms with Crippen molar-refractivity contribution in [1.29, 1.82) is 0 Å². The van der Waals surface area contributed by atoms with E-state index < -0.39 is 0 Å². The van der Waals surface area contributed by atoms with Gasteiger partial charge in [-0.1, -0.05) is 28.1 Å². The van der Waals surface area contributed by atoms with Gasteiger partial charge >= 0.3 is 0 Å². The van der Waals surface area contributed by atoms with Gasteiger partial charge < -0.3 is 4.57 Å². The standard InChI is InChI=1S/C16H13BrClFN2/c17-12-3-1-2-11(8-12)10-21-15-5-4-13(19)9-14(15)20-16(21)6-7-18/h1-5,8-9H,6-7,10H2. The van der Waals surface area contributed by atoms with Crippen LogP contribution in [0.3, 0.4) is 0 Å². The van der Waals surface area contributed by atoms with Gasteiger partial charge in [0.2, 0.25) is 0 Å². The van der Waals surface area contributed by atoms with Crippen molar-refractivity contribution in [3.8, 4) is 0 Å². The molecule has 2 nitrogen and oxygen atoms in total. The lowest BCUT2D eigenvalue weighted by Gasteiger charge is -2.09. The van der Waals surface area contributed by atoms with E-state index in [9.17, 15) is 4.39 Å². The third kappa shape index (κ3) is 3.11. The van der Waals surface area contributed by atoms with E-state index in [-0.39, 0.29) is 5.82 Å². The Morgan fingerprint density at radius 3 is 2.81 bits per heavy atom. The molecule has 3 rings (SSSR count). The van der Waals surface area contributed by atoms with Crippen molar-refractivity contribution in [3.05, 3.63) is 64.1 Å². The Morgan fingerprint density at radius 2 is 2.05 bits per heavy atom. The second kappa shape index (κ2) is 6.16. The summed E-state index contributed by atoms with van der Waals surface area (Å²) < 4.78 is 16.5. The molecule has 0 saturated heterocycles. The van der Waals surface area contributed by atoms with Crippen LogP contribution in [0.2, 0.25) is 0 Å². The monoisotopic (exact) mass is 366 g/mol. The Bertz CT molecular complexity index is 785. The summed E-state index contributed by atoms with van der Waals surface area (Å²) in [5.41, 5.74) is 2.76. The largest absolute Gasteiger partial charge is 0.323 e. The van der Waals surface area contributed by atoms with E-state index in [0.29, 0.717) is 24.4 Å². The van der Waals surface area contributed by atoms with Gasteiger partial charge in [-0.2, -0.15) is 0 Å². The quantitative estimate of drug-likeness (QED) is 0.608. The molecule has 0 aliphatic heterocycles. The molecule has 0 saturated carbocycles. The molecule has 1 aromatic heterocycles. The average molecular weight is 368 g/mol. The summed E-state index contributed by atoms with van der Waals surface area (Å²) >= 11 is 9.34. The molecule has 0 atom stereocenters. The van der Waals surface area contributed by atoms with Gasteiger partial charge in [-0.3, -0.25) is 0 Å². The molecule has 3 aromatic rings. The molecule has 0 unspecified atom stereocenters. The number of alkyl halides is 1. The number of fused-ring (bicyclic) bond motifs is 1. The average Bonchev–Trinajstić information content (AvgIpc) is 2.76. The molecular weight excluding hydrogens is 355 g/mol. The SMILES string of the molecule is Fc1ccc2c(c1)nc(CCCl)n2Cc1cccc(Br)c1. The van der Waals surface area contributed by atoms with Crippen molar-refractivity contribution < 1.29 is 4.39 Å². The Hall–Kier alpha value is -1.39. The van der Waals surface area contributed by atoms with Crippen LogP contribution in [0, 0.1) is 5.82 Å². The molecule has 1 heterocycles. The van der Waals surface area contributed by atoms with Crippen LogP contribution in [-0.2, 0) is 13.0 Å². The van der Waals surface area contributed by atoms with E-state index in [4.69, 9.17) is 11.6 Å². The smallest absolute Gasteiger partial charge is 0.125 e. The number of imidazole rings is 1. The van der Waals surface area contributed by atoms with Gasteiger partial charge in [-0.15, -0.1) is 11.6 Å². The number of hydrogen-bond donors (Lipinski definition) is 0. The predicted octanol–water partition coefficient (Wildman–Crippen LogP) is 4.77. The molecule has 0 aliphatic rings. The highest BCUT2D eigenvalue weighted by atomic mass is 79.9. The first-order valence-electron chi connectivity index (χ1n) is 6.62. The van der Waals surface area contributed by atoms with Gasteiger partial charge in [0, 0.05) is 29.4 Å². The topological polar surface area (TPSA) is 17.8 Å². The van der Waals surface area contributed by atoms with Crippen LogP contribution in [0.15, 0.2) is 46.9 Å². The van der Waals surface area contributed by atoms with Crippen LogP contribution in [0.25, 0.3) is 11.0 Å². The Balaban J connectivity index is 2.08. The van der Waals surface area contributed by atoms with E-state index in [1.165, 1.54) is 12.1 Å². The van der Waals surface area contributed by atoms with Crippen molar-refractivity contribution >= 4 is 38.6 Å². The third-order valence-electron chi connectivity index (χ3n) is 3.34. The fourth-order valence-electron chi connectivity index (χ4n) is 2.42. The van der Waals surface area contributed by atoms with Crippen molar-refractivity contribution in [3.63, 3.8) is 0 Å². The maximum atomic E-state index is 13.4. The maximum Gasteiger partial charge on any atom is 0.125 e. The van der Waals surface area contributed by atoms with Crippen molar-refractivity contribution in [2.24, 2.45) is 0 Å². The van der Waals surface area contributed by atoms with Crippen LogP contribution >= 0.6 is 27.5 Å². The Morgan fingerprint density at radius 1 is 1.19 bits per heavy atom. The van der Waals surface area contributed by atoms with E-state index in [1.54, 1.807) is 6.07 Å². The van der Waals surface area contributed by atoms with Crippen molar-refractivity contribution in [2.75, 3.05) is 5.88 Å². The summed E-state index contributed by atoms with van der Waals surface area (Å²) in [6.45, 7) is 0.688. The first kappa shape index (κ1) is 14.5. The Labute approximate surface area is 135 Å². The first-order chi connectivity index (χ1) is 10.2. The molecule has 0 N–H and O–H groups in total. The zero-order valence-electron chi connectivity index (χ0n) is 11.2. The third-order valence-corrected chi connectivity index (χ3v) is 4.02. The number of aromatic nitrogens is 2. The number of nitrogens with zero attached hydrogens (tertiary/aromatic N) is 2. The molecule has 21 heavy (non-hydrogen) atoms. The summed E-state index contributed by atoms with van der Waals surface area (Å²) in [5.74, 6) is 1.10. The van der Waals surface area contributed by atoms with Crippen LogP contribution in [0.5, 0.6) is 0 Å². The highest BCUT2D eigenvalue weighted by Crippen LogP contribution is 2.21. The lowest BCUT2D eigenvalue weighted by molar-refractivity contribution is 0.629. The number of aryl methyl sites for hydroxylation is 1. The second-order valence-corrected chi connectivity index (χ2v) is 6.11. The number of rotatable bonds is 4. The van der Waals surface area contributed by atoms with Crippen LogP contribution < -0.4 is 0 Å². The maximum absolute atomic E-state index is 13.4. The molecule has 108 valence electrons. The van der Waals surface area contributed by atoms with Gasteiger partial charge in [0.15, 0.2) is 0 Å². The molecule has 0 fully saturated rings. The van der Waals surface area contributed by atoms with Crippen molar-refractivity contribution in [2.45, 2.75) is 13.0 Å². The summed E-state index contributed by atoms with van der Waals surface area (Å²) in [6, 6.07) is 12.8. The fourth-order valence-corrected chi connectivity index (χ4v) is 3.04. The highest BCUT2D eigenvalue weighted by molar-refractivity contribution is 9.10. The molecule has 0 aliphatic carbocycles. The zero-order valence-corrected chi connectivity index (χ0v) is 13.5. The minimum atomic E-state index is -0.271. The lowest BCUT2D eigenvalue weighted by Crippen LogP contribution is -2.06. The van der Waals surface area contributed by atoms with Gasteiger partial charge in [-0.25, -0.2) is 9.37 Å². The van der Waals surface area contributed by atoms with Crippen LogP contribution in [0.4, 0.5) is 4.39 Å². The summed E-state index contributed by atoms with van der Waals surface area (Å²) in [5, 5.41) is 0. The normalized spacial score (nSPS) is 11.2. The summed E-state index contributed by atoms with van der Waals surface area (Å²) in [6.07, 6.45) is 0.659. The van der Waals surface area contributed by atoms with Gasteiger partial charge in [0.05, 0.1) is 11.0 Å². The van der Waals surface area contributed by atoms with Crippen LogP contribution in [0.1, 0.15) is 11.4 Å². The molecule has 0 radical (unpaired) electrons. The molecule has 0 amide bonds. The first-order valence-corrected chi connectivity index (χ1v) is 7.95. The van der Waals surface area contributed by atoms with Crippen molar-refractivity contribution in [1.82, 2.24) is 9.55 Å².